The van der Waals surface area contributed by atoms with Gasteiger partial charge in [-0.25, -0.2) is 4.39 Å². The molecule has 2 fully saturated rings. The molecule has 0 amide bonds. The van der Waals surface area contributed by atoms with Gasteiger partial charge in [0, 0.05) is 39.4 Å². The molecular formula is C21H33FN4O2. The molecule has 2 heterocycles. The number of likely N-dealkylation sites (N-methyl/N-ethyl adjacent to an activating group) is 1. The number of para-hydroxylation sites is 1. The van der Waals surface area contributed by atoms with E-state index < -0.39 is 0 Å². The summed E-state index contributed by atoms with van der Waals surface area (Å²) in [6.07, 6.45) is 4.67. The number of nitrogens with one attached hydrogen (secondary N) is 1. The summed E-state index contributed by atoms with van der Waals surface area (Å²) in [5.41, 5.74) is 0.148. The van der Waals surface area contributed by atoms with E-state index in [1.807, 2.05) is 11.9 Å². The average molecular weight is 393 g/mol. The average Bonchev–Trinajstić information content (AvgIpc) is 3.26. The highest BCUT2D eigenvalue weighted by Gasteiger charge is 2.39. The Morgan fingerprint density at radius 3 is 2.68 bits per heavy atom. The number of ether oxygens (including phenoxy) is 2. The van der Waals surface area contributed by atoms with Crippen LogP contribution < -0.4 is 10.1 Å². The van der Waals surface area contributed by atoms with E-state index in [1.54, 1.807) is 25.2 Å². The fourth-order valence-corrected chi connectivity index (χ4v) is 4.14. The van der Waals surface area contributed by atoms with Crippen LogP contribution in [0.1, 0.15) is 25.7 Å². The molecule has 0 spiro atoms. The normalized spacial score (nSPS) is 20.2. The lowest BCUT2D eigenvalue weighted by molar-refractivity contribution is -0.0166. The van der Waals surface area contributed by atoms with Crippen molar-refractivity contribution < 1.29 is 13.9 Å². The van der Waals surface area contributed by atoms with Gasteiger partial charge in [0.15, 0.2) is 17.5 Å². The molecule has 0 atom stereocenters. The highest BCUT2D eigenvalue weighted by atomic mass is 19.1. The molecule has 3 rings (SSSR count). The summed E-state index contributed by atoms with van der Waals surface area (Å²) in [5, 5.41) is 3.57. The van der Waals surface area contributed by atoms with E-state index in [4.69, 9.17) is 9.47 Å². The van der Waals surface area contributed by atoms with Crippen LogP contribution in [0.2, 0.25) is 0 Å². The maximum absolute atomic E-state index is 13.7. The molecule has 7 heteroatoms. The van der Waals surface area contributed by atoms with Crippen molar-refractivity contribution in [1.82, 2.24) is 15.1 Å². The second-order valence-electron chi connectivity index (χ2n) is 7.63. The number of aliphatic imine (C=N–C) groups is 1. The standard InChI is InChI=1S/C21H33FN4O2/c1-23-20(25(2)13-16-28-19-8-4-3-7-18(19)22)24-17-21(9-14-27-15-10-21)26-11-5-6-12-26/h3-4,7-8H,5-6,9-17H2,1-2H3,(H,23,24). The zero-order chi connectivity index (χ0) is 19.8. The van der Waals surface area contributed by atoms with Gasteiger partial charge in [-0.2, -0.15) is 0 Å². The van der Waals surface area contributed by atoms with Gasteiger partial charge < -0.3 is 19.7 Å². The molecule has 2 aliphatic rings. The highest BCUT2D eigenvalue weighted by Crippen LogP contribution is 2.30. The van der Waals surface area contributed by atoms with E-state index in [1.165, 1.54) is 32.0 Å². The number of hydrogen-bond acceptors (Lipinski definition) is 4. The molecule has 2 aliphatic heterocycles. The van der Waals surface area contributed by atoms with Crippen molar-refractivity contribution in [3.05, 3.63) is 30.1 Å². The Morgan fingerprint density at radius 1 is 1.29 bits per heavy atom. The van der Waals surface area contributed by atoms with Crippen molar-refractivity contribution in [3.63, 3.8) is 0 Å². The molecule has 0 saturated carbocycles. The SMILES string of the molecule is CN=C(NCC1(N2CCCC2)CCOCC1)N(C)CCOc1ccccc1F. The third-order valence-corrected chi connectivity index (χ3v) is 5.87. The minimum atomic E-state index is -0.334. The van der Waals surface area contributed by atoms with Crippen LogP contribution in [0.3, 0.4) is 0 Å². The number of rotatable bonds is 7. The molecule has 1 aromatic carbocycles. The fourth-order valence-electron chi connectivity index (χ4n) is 4.14. The largest absolute Gasteiger partial charge is 0.489 e. The third-order valence-electron chi connectivity index (χ3n) is 5.87. The van der Waals surface area contributed by atoms with Crippen LogP contribution in [-0.4, -0.2) is 81.4 Å². The van der Waals surface area contributed by atoms with Crippen molar-refractivity contribution in [2.75, 3.05) is 60.1 Å². The van der Waals surface area contributed by atoms with Crippen LogP contribution in [0.15, 0.2) is 29.3 Å². The Bertz CT molecular complexity index is 643. The van der Waals surface area contributed by atoms with E-state index in [0.717, 1.165) is 38.6 Å². The van der Waals surface area contributed by atoms with Crippen LogP contribution >= 0.6 is 0 Å². The summed E-state index contributed by atoms with van der Waals surface area (Å²) in [5.74, 6) is 0.788. The van der Waals surface area contributed by atoms with Crippen molar-refractivity contribution in [3.8, 4) is 5.75 Å². The van der Waals surface area contributed by atoms with Crippen molar-refractivity contribution >= 4 is 5.96 Å². The van der Waals surface area contributed by atoms with E-state index in [9.17, 15) is 4.39 Å². The molecule has 0 radical (unpaired) electrons. The van der Waals surface area contributed by atoms with Gasteiger partial charge in [-0.15, -0.1) is 0 Å². The molecule has 0 bridgehead atoms. The minimum absolute atomic E-state index is 0.148. The smallest absolute Gasteiger partial charge is 0.193 e. The number of guanidine groups is 1. The van der Waals surface area contributed by atoms with Gasteiger partial charge in [0.05, 0.1) is 6.54 Å². The molecular weight excluding hydrogens is 359 g/mol. The lowest BCUT2D eigenvalue weighted by atomic mass is 9.88. The fraction of sp³-hybridized carbons (Fsp3) is 0.667. The van der Waals surface area contributed by atoms with Crippen LogP contribution in [0.4, 0.5) is 4.39 Å². The monoisotopic (exact) mass is 392 g/mol. The molecule has 0 aromatic heterocycles. The maximum atomic E-state index is 13.7. The number of halogens is 1. The second kappa shape index (κ2) is 10.1. The van der Waals surface area contributed by atoms with E-state index in [-0.39, 0.29) is 17.1 Å². The molecule has 28 heavy (non-hydrogen) atoms. The summed E-state index contributed by atoms with van der Waals surface area (Å²) in [7, 11) is 3.77. The van der Waals surface area contributed by atoms with E-state index in [0.29, 0.717) is 13.2 Å². The summed E-state index contributed by atoms with van der Waals surface area (Å²) in [6.45, 7) is 5.87. The van der Waals surface area contributed by atoms with Crippen molar-refractivity contribution in [2.45, 2.75) is 31.2 Å². The Morgan fingerprint density at radius 2 is 2.00 bits per heavy atom. The van der Waals surface area contributed by atoms with Crippen LogP contribution in [0.5, 0.6) is 5.75 Å². The Balaban J connectivity index is 1.51. The van der Waals surface area contributed by atoms with Gasteiger partial charge in [0.1, 0.15) is 6.61 Å². The minimum Gasteiger partial charge on any atom is -0.489 e. The lowest BCUT2D eigenvalue weighted by Gasteiger charge is -2.45. The van der Waals surface area contributed by atoms with Crippen molar-refractivity contribution in [2.24, 2.45) is 4.99 Å². The quantitative estimate of drug-likeness (QED) is 0.570. The molecule has 6 nitrogen and oxygen atoms in total. The summed E-state index contributed by atoms with van der Waals surface area (Å²) in [4.78, 5) is 9.09. The molecule has 2 saturated heterocycles. The highest BCUT2D eigenvalue weighted by molar-refractivity contribution is 5.79. The molecule has 0 aliphatic carbocycles. The Hall–Kier alpha value is -1.86. The first kappa shape index (κ1) is 20.9. The van der Waals surface area contributed by atoms with E-state index >= 15 is 0 Å². The summed E-state index contributed by atoms with van der Waals surface area (Å²) < 4.78 is 24.9. The zero-order valence-corrected chi connectivity index (χ0v) is 17.1. The van der Waals surface area contributed by atoms with Crippen LogP contribution in [0.25, 0.3) is 0 Å². The molecule has 1 N–H and O–H groups in total. The summed E-state index contributed by atoms with van der Waals surface area (Å²) >= 11 is 0. The van der Waals surface area contributed by atoms with Gasteiger partial charge in [-0.1, -0.05) is 12.1 Å². The third kappa shape index (κ3) is 5.14. The number of likely N-dealkylation sites (tertiary alicyclic amines) is 1. The maximum Gasteiger partial charge on any atom is 0.193 e. The van der Waals surface area contributed by atoms with Gasteiger partial charge >= 0.3 is 0 Å². The number of hydrogen-bond donors (Lipinski definition) is 1. The topological polar surface area (TPSA) is 49.3 Å². The van der Waals surface area contributed by atoms with Gasteiger partial charge in [0.2, 0.25) is 0 Å². The number of benzene rings is 1. The zero-order valence-electron chi connectivity index (χ0n) is 17.1. The Labute approximate surface area is 167 Å². The second-order valence-corrected chi connectivity index (χ2v) is 7.63. The predicted molar refractivity (Wildman–Crippen MR) is 109 cm³/mol. The van der Waals surface area contributed by atoms with E-state index in [2.05, 4.69) is 15.2 Å². The van der Waals surface area contributed by atoms with Crippen molar-refractivity contribution in [1.29, 1.82) is 0 Å². The van der Waals surface area contributed by atoms with Crippen LogP contribution in [0, 0.1) is 5.82 Å². The molecule has 0 unspecified atom stereocenters. The van der Waals surface area contributed by atoms with Gasteiger partial charge in [-0.3, -0.25) is 9.89 Å². The predicted octanol–water partition coefficient (Wildman–Crippen LogP) is 2.36. The molecule has 1 aromatic rings. The van der Waals surface area contributed by atoms with Gasteiger partial charge in [-0.05, 0) is 50.9 Å². The molecule has 156 valence electrons. The summed E-state index contributed by atoms with van der Waals surface area (Å²) in [6, 6.07) is 6.49. The first-order valence-corrected chi connectivity index (χ1v) is 10.3. The van der Waals surface area contributed by atoms with Crippen LogP contribution in [-0.2, 0) is 4.74 Å². The lowest BCUT2D eigenvalue weighted by Crippen LogP contribution is -2.58. The first-order valence-electron chi connectivity index (χ1n) is 10.3. The number of nitrogens with zero attached hydrogens (tertiary/aromatic N) is 3. The first-order chi connectivity index (χ1) is 13.6. The Kier molecular flexibility index (Phi) is 7.50. The van der Waals surface area contributed by atoms with Gasteiger partial charge in [0.25, 0.3) is 0 Å².